The summed E-state index contributed by atoms with van der Waals surface area (Å²) in [7, 11) is 0. The molecule has 20 heavy (non-hydrogen) atoms. The van der Waals surface area contributed by atoms with E-state index in [9.17, 15) is 4.79 Å². The maximum absolute atomic E-state index is 12.2. The highest BCUT2D eigenvalue weighted by atomic mass is 16.5. The molecule has 0 aliphatic rings. The molecule has 0 aromatic carbocycles. The van der Waals surface area contributed by atoms with E-state index in [0.29, 0.717) is 25.7 Å². The monoisotopic (exact) mass is 289 g/mol. The third-order valence-corrected chi connectivity index (χ3v) is 3.69. The predicted octanol–water partition coefficient (Wildman–Crippen LogP) is 3.25. The molecule has 122 valence electrons. The number of nitrogens with one attached hydrogen (secondary N) is 1. The van der Waals surface area contributed by atoms with Crippen molar-refractivity contribution in [2.45, 2.75) is 60.5 Å². The van der Waals surface area contributed by atoms with Crippen molar-refractivity contribution in [3.63, 3.8) is 0 Å². The van der Waals surface area contributed by atoms with Crippen molar-refractivity contribution in [1.29, 1.82) is 0 Å². The first-order valence-corrected chi connectivity index (χ1v) is 7.83. The van der Waals surface area contributed by atoms with Gasteiger partial charge in [-0.3, -0.25) is 4.79 Å². The Labute approximate surface area is 126 Å². The van der Waals surface area contributed by atoms with E-state index in [0.717, 1.165) is 19.4 Å². The third-order valence-electron chi connectivity index (χ3n) is 3.69. The van der Waals surface area contributed by atoms with Gasteiger partial charge >= 0.3 is 0 Å². The van der Waals surface area contributed by atoms with Crippen LogP contribution in [0.1, 0.15) is 55.8 Å². The van der Waals surface area contributed by atoms with Gasteiger partial charge in [0.05, 0.1) is 24.7 Å². The van der Waals surface area contributed by atoms with E-state index < -0.39 is 5.41 Å². The molecular weight excluding hydrogens is 254 g/mol. The lowest BCUT2D eigenvalue weighted by Crippen LogP contribution is -2.43. The largest absolute Gasteiger partial charge is 0.380 e. The molecule has 0 spiro atoms. The first-order chi connectivity index (χ1) is 9.35. The molecule has 0 aromatic heterocycles. The van der Waals surface area contributed by atoms with Crippen molar-refractivity contribution in [1.82, 2.24) is 5.32 Å². The molecule has 0 aromatic rings. The summed E-state index contributed by atoms with van der Waals surface area (Å²) in [6, 6.07) is 0. The fraction of sp³-hybridized carbons (Fsp3) is 0.938. The number of ether oxygens (including phenoxy) is 2. The Morgan fingerprint density at radius 1 is 1.30 bits per heavy atom. The van der Waals surface area contributed by atoms with Crippen molar-refractivity contribution >= 4 is 5.91 Å². The molecule has 2 atom stereocenters. The maximum Gasteiger partial charge on any atom is 0.228 e. The molecule has 4 nitrogen and oxygen atoms in total. The van der Waals surface area contributed by atoms with Crippen LogP contribution in [-0.2, 0) is 14.3 Å². The lowest BCUT2D eigenvalue weighted by molar-refractivity contribution is -0.134. The van der Waals surface area contributed by atoms with Gasteiger partial charge in [0.2, 0.25) is 5.91 Å². The molecule has 0 aliphatic heterocycles. The highest BCUT2D eigenvalue weighted by Crippen LogP contribution is 2.22. The van der Waals surface area contributed by atoms with Crippen LogP contribution in [0.2, 0.25) is 0 Å². The van der Waals surface area contributed by atoms with Crippen LogP contribution < -0.4 is 5.32 Å². The molecule has 0 bridgehead atoms. The van der Waals surface area contributed by atoms with Gasteiger partial charge in [0.15, 0.2) is 0 Å². The van der Waals surface area contributed by atoms with Gasteiger partial charge in [-0.15, -0.1) is 0 Å². The second-order valence-corrected chi connectivity index (χ2v) is 6.12. The number of hydrogen-bond acceptors (Lipinski definition) is 3. The average molecular weight is 289 g/mol. The molecule has 0 fully saturated rings. The van der Waals surface area contributed by atoms with Gasteiger partial charge < -0.3 is 14.8 Å². The van der Waals surface area contributed by atoms with Crippen LogP contribution in [0.15, 0.2) is 0 Å². The summed E-state index contributed by atoms with van der Waals surface area (Å²) in [5.74, 6) is 0.593. The summed E-state index contributed by atoms with van der Waals surface area (Å²) < 4.78 is 11.1. The van der Waals surface area contributed by atoms with Gasteiger partial charge in [0, 0.05) is 14.6 Å². The predicted molar refractivity (Wildman–Crippen MR) is 84.9 cm³/mol. The summed E-state index contributed by atoms with van der Waals surface area (Å²) in [4.78, 5) is 12.2. The van der Waals surface area contributed by atoms with Crippen molar-refractivity contribution in [2.75, 3.05) is 26.4 Å². The zero-order valence-corrected chi connectivity index (χ0v) is 14.1. The second kappa shape index (κ2) is 10.2. The van der Waals surface area contributed by atoms with Gasteiger partial charge in [0.1, 0.15) is 0 Å². The molecule has 4 heteroatoms. The fourth-order valence-corrected chi connectivity index (χ4v) is 1.60. The molecule has 0 radical (unpaired) electrons. The quantitative estimate of drug-likeness (QED) is 0.594. The second-order valence-electron chi connectivity index (χ2n) is 6.12. The Morgan fingerprint density at radius 2 is 1.95 bits per heavy atom. The standard InChI is InChI=1S/C16H33NO3.H2/c1-7-14(5)11-19-12-16(6,8-2)15(18)17-9-10-20-13(3)4;/h13-14H,7-12H2,1-6H3,(H,17,18);1H. The molecular formula is C16H35NO3. The molecule has 0 heterocycles. The number of amides is 1. The highest BCUT2D eigenvalue weighted by Gasteiger charge is 2.31. The van der Waals surface area contributed by atoms with Crippen LogP contribution in [0.25, 0.3) is 0 Å². The minimum absolute atomic E-state index is 0. The van der Waals surface area contributed by atoms with Gasteiger partial charge in [0.25, 0.3) is 0 Å². The molecule has 0 aliphatic carbocycles. The smallest absolute Gasteiger partial charge is 0.228 e. The minimum atomic E-state index is -0.453. The van der Waals surface area contributed by atoms with E-state index in [1.165, 1.54) is 0 Å². The van der Waals surface area contributed by atoms with Gasteiger partial charge in [-0.05, 0) is 33.1 Å². The number of hydrogen-bond donors (Lipinski definition) is 1. The van der Waals surface area contributed by atoms with Crippen LogP contribution >= 0.6 is 0 Å². The normalized spacial score (nSPS) is 15.9. The first-order valence-electron chi connectivity index (χ1n) is 7.83. The number of carbonyl (C=O) groups is 1. The van der Waals surface area contributed by atoms with E-state index in [-0.39, 0.29) is 13.4 Å². The summed E-state index contributed by atoms with van der Waals surface area (Å²) in [5, 5.41) is 2.94. The molecule has 0 saturated carbocycles. The van der Waals surface area contributed by atoms with Gasteiger partial charge in [-0.1, -0.05) is 27.2 Å². The molecule has 1 N–H and O–H groups in total. The van der Waals surface area contributed by atoms with Crippen molar-refractivity contribution in [3.05, 3.63) is 0 Å². The Bertz CT molecular complexity index is 274. The van der Waals surface area contributed by atoms with Gasteiger partial charge in [-0.2, -0.15) is 0 Å². The number of rotatable bonds is 11. The Hall–Kier alpha value is -0.610. The SMILES string of the molecule is CCC(C)COCC(C)(CC)C(=O)NCCOC(C)C.[HH]. The third kappa shape index (κ3) is 7.85. The summed E-state index contributed by atoms with van der Waals surface area (Å²) in [6.07, 6.45) is 2.06. The summed E-state index contributed by atoms with van der Waals surface area (Å²) in [6.45, 7) is 14.6. The first kappa shape index (κ1) is 19.4. The minimum Gasteiger partial charge on any atom is -0.380 e. The highest BCUT2D eigenvalue weighted by molar-refractivity contribution is 5.82. The van der Waals surface area contributed by atoms with E-state index in [1.54, 1.807) is 0 Å². The van der Waals surface area contributed by atoms with Gasteiger partial charge in [-0.25, -0.2) is 0 Å². The van der Waals surface area contributed by atoms with Crippen molar-refractivity contribution in [3.8, 4) is 0 Å². The van der Waals surface area contributed by atoms with Crippen LogP contribution in [0.3, 0.4) is 0 Å². The summed E-state index contributed by atoms with van der Waals surface area (Å²) >= 11 is 0. The van der Waals surface area contributed by atoms with Crippen molar-refractivity contribution < 1.29 is 15.7 Å². The Balaban J connectivity index is 0. The Kier molecular flexibility index (Phi) is 9.86. The van der Waals surface area contributed by atoms with Crippen LogP contribution in [-0.4, -0.2) is 38.4 Å². The van der Waals surface area contributed by atoms with Crippen LogP contribution in [0.4, 0.5) is 0 Å². The lowest BCUT2D eigenvalue weighted by Gasteiger charge is -2.27. The summed E-state index contributed by atoms with van der Waals surface area (Å²) in [5.41, 5.74) is -0.453. The number of carbonyl (C=O) groups excluding carboxylic acids is 1. The van der Waals surface area contributed by atoms with E-state index in [1.807, 2.05) is 27.7 Å². The molecule has 2 unspecified atom stereocenters. The molecule has 0 saturated heterocycles. The van der Waals surface area contributed by atoms with Crippen LogP contribution in [0.5, 0.6) is 0 Å². The van der Waals surface area contributed by atoms with Crippen molar-refractivity contribution in [2.24, 2.45) is 11.3 Å². The molecule has 0 rings (SSSR count). The maximum atomic E-state index is 12.2. The van der Waals surface area contributed by atoms with E-state index in [2.05, 4.69) is 19.2 Å². The van der Waals surface area contributed by atoms with Crippen LogP contribution in [0, 0.1) is 11.3 Å². The fourth-order valence-electron chi connectivity index (χ4n) is 1.60. The topological polar surface area (TPSA) is 47.6 Å². The molecule has 1 amide bonds. The Morgan fingerprint density at radius 3 is 2.45 bits per heavy atom. The zero-order chi connectivity index (χ0) is 15.6. The zero-order valence-electron chi connectivity index (χ0n) is 14.1. The van der Waals surface area contributed by atoms with E-state index >= 15 is 0 Å². The van der Waals surface area contributed by atoms with E-state index in [4.69, 9.17) is 9.47 Å². The lowest BCUT2D eigenvalue weighted by atomic mass is 9.87. The average Bonchev–Trinajstić information content (AvgIpc) is 2.42.